The molecule has 0 aliphatic carbocycles. The first-order valence-electron chi connectivity index (χ1n) is 7.70. The van der Waals surface area contributed by atoms with Crippen LogP contribution in [0.2, 0.25) is 5.02 Å². The molecular formula is C19H18ClN3O. The van der Waals surface area contributed by atoms with Gasteiger partial charge in [0.25, 0.3) is 5.56 Å². The average molecular weight is 340 g/mol. The maximum Gasteiger partial charge on any atom is 0.254 e. The highest BCUT2D eigenvalue weighted by Crippen LogP contribution is 2.23. The Morgan fingerprint density at radius 2 is 1.79 bits per heavy atom. The highest BCUT2D eigenvalue weighted by Gasteiger charge is 2.04. The number of rotatable bonds is 4. The predicted molar refractivity (Wildman–Crippen MR) is 98.2 cm³/mol. The second-order valence-electron chi connectivity index (χ2n) is 5.71. The Morgan fingerprint density at radius 1 is 1.04 bits per heavy atom. The molecule has 2 aromatic carbocycles. The molecule has 0 atom stereocenters. The van der Waals surface area contributed by atoms with E-state index in [1.807, 2.05) is 30.3 Å². The van der Waals surface area contributed by atoms with Crippen LogP contribution < -0.4 is 11.3 Å². The van der Waals surface area contributed by atoms with Crippen molar-refractivity contribution >= 4 is 17.5 Å². The summed E-state index contributed by atoms with van der Waals surface area (Å²) in [5.74, 6) is 0.243. The average Bonchev–Trinajstić information content (AvgIpc) is 2.58. The van der Waals surface area contributed by atoms with E-state index in [2.05, 4.69) is 23.2 Å². The number of nitrogens with two attached hydrogens (primary N) is 1. The van der Waals surface area contributed by atoms with Gasteiger partial charge in [0, 0.05) is 18.1 Å². The first-order valence-corrected chi connectivity index (χ1v) is 8.08. The van der Waals surface area contributed by atoms with E-state index in [9.17, 15) is 4.79 Å². The molecule has 0 radical (unpaired) electrons. The van der Waals surface area contributed by atoms with E-state index < -0.39 is 0 Å². The third kappa shape index (κ3) is 3.66. The van der Waals surface area contributed by atoms with Crippen molar-refractivity contribution in [3.8, 4) is 11.1 Å². The molecule has 2 N–H and O–H groups in total. The summed E-state index contributed by atoms with van der Waals surface area (Å²) >= 11 is 5.94. The zero-order chi connectivity index (χ0) is 17.1. The van der Waals surface area contributed by atoms with Crippen LogP contribution in [0, 0.1) is 0 Å². The van der Waals surface area contributed by atoms with Crippen molar-refractivity contribution in [1.29, 1.82) is 0 Å². The minimum Gasteiger partial charge on any atom is -0.369 e. The molecule has 0 saturated carbocycles. The first-order chi connectivity index (χ1) is 11.5. The molecule has 0 fully saturated rings. The van der Waals surface area contributed by atoms with Gasteiger partial charge in [0.2, 0.25) is 5.95 Å². The number of hydrogen-bond acceptors (Lipinski definition) is 3. The number of aromatic nitrogens is 2. The van der Waals surface area contributed by atoms with E-state index in [-0.39, 0.29) is 11.5 Å². The van der Waals surface area contributed by atoms with Gasteiger partial charge in [0.1, 0.15) is 0 Å². The lowest BCUT2D eigenvalue weighted by atomic mass is 10.0. The fourth-order valence-electron chi connectivity index (χ4n) is 2.56. The van der Waals surface area contributed by atoms with Crippen LogP contribution in [0.25, 0.3) is 11.1 Å². The van der Waals surface area contributed by atoms with E-state index in [0.29, 0.717) is 12.1 Å². The third-order valence-corrected chi connectivity index (χ3v) is 4.25. The van der Waals surface area contributed by atoms with Gasteiger partial charge in [-0.2, -0.15) is 0 Å². The molecule has 122 valence electrons. The van der Waals surface area contributed by atoms with Crippen LogP contribution in [0.3, 0.4) is 0 Å². The number of nitrogen functional groups attached to an aromatic ring is 1. The van der Waals surface area contributed by atoms with Crippen LogP contribution in [-0.4, -0.2) is 9.55 Å². The van der Waals surface area contributed by atoms with Crippen molar-refractivity contribution in [2.24, 2.45) is 7.05 Å². The fraction of sp³-hybridized carbons (Fsp3) is 0.158. The fourth-order valence-corrected chi connectivity index (χ4v) is 2.68. The number of halogens is 1. The minimum absolute atomic E-state index is 0.132. The van der Waals surface area contributed by atoms with Crippen LogP contribution >= 0.6 is 11.6 Å². The van der Waals surface area contributed by atoms with Gasteiger partial charge in [-0.25, -0.2) is 4.98 Å². The summed E-state index contributed by atoms with van der Waals surface area (Å²) in [5, 5.41) is 0.726. The Labute approximate surface area is 145 Å². The van der Waals surface area contributed by atoms with Crippen molar-refractivity contribution < 1.29 is 0 Å². The van der Waals surface area contributed by atoms with Crippen molar-refractivity contribution in [3.05, 3.63) is 81.2 Å². The monoisotopic (exact) mass is 339 g/mol. The zero-order valence-electron chi connectivity index (χ0n) is 13.4. The molecule has 0 saturated heterocycles. The quantitative estimate of drug-likeness (QED) is 0.791. The van der Waals surface area contributed by atoms with Crippen LogP contribution in [0.15, 0.2) is 59.4 Å². The molecule has 1 aromatic heterocycles. The Balaban J connectivity index is 1.78. The van der Waals surface area contributed by atoms with Crippen LogP contribution in [-0.2, 0) is 19.9 Å². The number of nitrogens with zero attached hydrogens (tertiary/aromatic N) is 2. The topological polar surface area (TPSA) is 60.9 Å². The van der Waals surface area contributed by atoms with Gasteiger partial charge in [0.05, 0.1) is 5.69 Å². The molecule has 24 heavy (non-hydrogen) atoms. The SMILES string of the molecule is Cn1c(N)nc(CCc2cccc(-c3ccc(Cl)cc3)c2)cc1=O. The molecule has 0 aliphatic rings. The summed E-state index contributed by atoms with van der Waals surface area (Å²) in [6, 6.07) is 17.6. The van der Waals surface area contributed by atoms with E-state index in [1.54, 1.807) is 13.1 Å². The van der Waals surface area contributed by atoms with Gasteiger partial charge >= 0.3 is 0 Å². The molecule has 0 spiro atoms. The van der Waals surface area contributed by atoms with Gasteiger partial charge in [-0.1, -0.05) is 48.0 Å². The molecule has 0 unspecified atom stereocenters. The molecule has 3 aromatic rings. The smallest absolute Gasteiger partial charge is 0.254 e. The Morgan fingerprint density at radius 3 is 2.50 bits per heavy atom. The molecule has 0 amide bonds. The lowest BCUT2D eigenvalue weighted by Gasteiger charge is -2.07. The van der Waals surface area contributed by atoms with Crippen LogP contribution in [0.1, 0.15) is 11.3 Å². The Kier molecular flexibility index (Phi) is 4.67. The van der Waals surface area contributed by atoms with E-state index >= 15 is 0 Å². The Hall–Kier alpha value is -2.59. The van der Waals surface area contributed by atoms with Gasteiger partial charge in [-0.15, -0.1) is 0 Å². The molecule has 0 aliphatic heterocycles. The summed E-state index contributed by atoms with van der Waals surface area (Å²) in [6.07, 6.45) is 1.46. The number of anilines is 1. The van der Waals surface area contributed by atoms with Crippen molar-refractivity contribution in [2.45, 2.75) is 12.8 Å². The standard InChI is InChI=1S/C19H18ClN3O/c1-23-18(24)12-17(22-19(23)21)10-5-13-3-2-4-15(11-13)14-6-8-16(20)9-7-14/h2-4,6-9,11-12H,5,10H2,1H3,(H2,21,22). The molecule has 0 bridgehead atoms. The summed E-state index contributed by atoms with van der Waals surface area (Å²) < 4.78 is 1.34. The van der Waals surface area contributed by atoms with Gasteiger partial charge in [0.15, 0.2) is 0 Å². The van der Waals surface area contributed by atoms with Crippen molar-refractivity contribution in [1.82, 2.24) is 9.55 Å². The van der Waals surface area contributed by atoms with Gasteiger partial charge < -0.3 is 5.73 Å². The first kappa shape index (κ1) is 16.3. The summed E-state index contributed by atoms with van der Waals surface area (Å²) in [7, 11) is 1.62. The number of hydrogen-bond donors (Lipinski definition) is 1. The van der Waals surface area contributed by atoms with E-state index in [4.69, 9.17) is 17.3 Å². The highest BCUT2D eigenvalue weighted by molar-refractivity contribution is 6.30. The van der Waals surface area contributed by atoms with Crippen molar-refractivity contribution in [2.75, 3.05) is 5.73 Å². The minimum atomic E-state index is -0.132. The Bertz CT molecular complexity index is 917. The molecule has 3 rings (SSSR count). The number of aryl methyl sites for hydroxylation is 2. The van der Waals surface area contributed by atoms with Gasteiger partial charge in [-0.05, 0) is 41.7 Å². The van der Waals surface area contributed by atoms with Crippen LogP contribution in [0.4, 0.5) is 5.95 Å². The molecule has 1 heterocycles. The summed E-state index contributed by atoms with van der Waals surface area (Å²) in [5.41, 5.74) is 9.77. The second-order valence-corrected chi connectivity index (χ2v) is 6.15. The maximum absolute atomic E-state index is 11.8. The molecule has 5 heteroatoms. The normalized spacial score (nSPS) is 10.8. The van der Waals surface area contributed by atoms with Crippen LogP contribution in [0.5, 0.6) is 0 Å². The lowest BCUT2D eigenvalue weighted by molar-refractivity contribution is 0.806. The highest BCUT2D eigenvalue weighted by atomic mass is 35.5. The second kappa shape index (κ2) is 6.89. The van der Waals surface area contributed by atoms with E-state index in [0.717, 1.165) is 22.6 Å². The predicted octanol–water partition coefficient (Wildman–Crippen LogP) is 3.47. The summed E-state index contributed by atoms with van der Waals surface area (Å²) in [4.78, 5) is 16.0. The zero-order valence-corrected chi connectivity index (χ0v) is 14.1. The van der Waals surface area contributed by atoms with Crippen molar-refractivity contribution in [3.63, 3.8) is 0 Å². The lowest BCUT2D eigenvalue weighted by Crippen LogP contribution is -2.21. The van der Waals surface area contributed by atoms with E-state index in [1.165, 1.54) is 10.1 Å². The van der Waals surface area contributed by atoms with Gasteiger partial charge in [-0.3, -0.25) is 9.36 Å². The molecule has 4 nitrogen and oxygen atoms in total. The molecular weight excluding hydrogens is 322 g/mol. The number of benzene rings is 2. The summed E-state index contributed by atoms with van der Waals surface area (Å²) in [6.45, 7) is 0. The third-order valence-electron chi connectivity index (χ3n) is 4.00. The largest absolute Gasteiger partial charge is 0.369 e. The maximum atomic E-state index is 11.8.